The highest BCUT2D eigenvalue weighted by Gasteiger charge is 2.29. The summed E-state index contributed by atoms with van der Waals surface area (Å²) in [7, 11) is -9.85. The lowest BCUT2D eigenvalue weighted by atomic mass is 10.0. The van der Waals surface area contributed by atoms with Crippen molar-refractivity contribution in [1.29, 1.82) is 0 Å². The van der Waals surface area contributed by atoms with E-state index in [1.54, 1.807) is 18.2 Å². The number of carboxylic acid groups (broad SMARTS) is 1. The number of esters is 2. The van der Waals surface area contributed by atoms with Gasteiger partial charge < -0.3 is 45.2 Å². The number of unbranched alkanes of at least 4 members (excludes halogenated alkanes) is 8. The first-order valence-corrected chi connectivity index (χ1v) is 25.2. The first-order valence-electron chi connectivity index (χ1n) is 21.1. The predicted octanol–water partition coefficient (Wildman–Crippen LogP) is 7.06. The fourth-order valence-corrected chi connectivity index (χ4v) is 7.55. The van der Waals surface area contributed by atoms with Crippen LogP contribution in [0.15, 0.2) is 48.6 Å². The van der Waals surface area contributed by atoms with Crippen molar-refractivity contribution < 1.29 is 76.6 Å². The number of hydrogen-bond donors (Lipinski definition) is 7. The molecule has 0 heterocycles. The van der Waals surface area contributed by atoms with Gasteiger partial charge in [0.25, 0.3) is 0 Å². The van der Waals surface area contributed by atoms with Crippen LogP contribution < -0.4 is 5.73 Å². The third-order valence-electron chi connectivity index (χ3n) is 8.63. The van der Waals surface area contributed by atoms with Gasteiger partial charge in [0.05, 0.1) is 25.9 Å². The number of aliphatic hydroxyl groups excluding tert-OH is 2. The van der Waals surface area contributed by atoms with Crippen molar-refractivity contribution >= 4 is 45.3 Å². The number of aliphatic hydroxyl groups is 2. The van der Waals surface area contributed by atoms with Crippen LogP contribution in [0.25, 0.3) is 0 Å². The smallest absolute Gasteiger partial charge is 0.472 e. The third kappa shape index (κ3) is 38.0. The molecule has 0 bridgehead atoms. The van der Waals surface area contributed by atoms with Crippen molar-refractivity contribution in [2.75, 3.05) is 32.2 Å². The van der Waals surface area contributed by atoms with E-state index >= 15 is 0 Å². The molecule has 0 saturated heterocycles. The summed E-state index contributed by atoms with van der Waals surface area (Å²) in [4.78, 5) is 64.4. The maximum absolute atomic E-state index is 13.0. The summed E-state index contributed by atoms with van der Waals surface area (Å²) in [5.41, 5.74) is 6.13. The lowest BCUT2D eigenvalue weighted by Crippen LogP contribution is -2.38. The molecule has 20 heteroatoms. The predicted molar refractivity (Wildman–Crippen MR) is 235 cm³/mol. The van der Waals surface area contributed by atoms with Crippen molar-refractivity contribution in [3.05, 3.63) is 48.6 Å². The van der Waals surface area contributed by atoms with E-state index in [1.165, 1.54) is 19.3 Å². The zero-order valence-corrected chi connectivity index (χ0v) is 38.7. The molecular formula is C41H73NO16P2S. The van der Waals surface area contributed by atoms with Crippen molar-refractivity contribution in [3.8, 4) is 0 Å². The van der Waals surface area contributed by atoms with E-state index in [0.29, 0.717) is 12.3 Å². The molecule has 0 aliphatic carbocycles. The summed E-state index contributed by atoms with van der Waals surface area (Å²) in [6, 6.07) is -1.22. The molecule has 17 nitrogen and oxygen atoms in total. The Balaban J connectivity index is 5.44. The van der Waals surface area contributed by atoms with Gasteiger partial charge in [0.2, 0.25) is 0 Å². The number of carboxylic acids is 1. The van der Waals surface area contributed by atoms with Gasteiger partial charge in [0, 0.05) is 23.8 Å². The van der Waals surface area contributed by atoms with Gasteiger partial charge in [-0.1, -0.05) is 121 Å². The molecule has 61 heavy (non-hydrogen) atoms. The molecule has 8 N–H and O–H groups in total. The standard InChI is InChI=1S/C41H73NO16P2S/c1-4-5-6-7-8-9-10-11-12-13-17-20-25-38(37(44)24-22-26-39(45)46)61-32-36(42)41(48)54-30-35(58-40(47)27-21-18-15-14-16-19-23-33(2)3)31-57-60(52,53)56-29-34(43)28-55-59(49,50)51/h8-9,11-13,17,20,25,33-38,43-44H,4-7,10,14-16,18-19,21-24,26-32,42H2,1-3H3,(H,45,46)(H,52,53)(H2,49,50,51)/b9-8-,12-11-,17-13+,25-20+/t34-,35+,36-,37-,38+/m0/s1. The Kier molecular flexibility index (Phi) is 34.9. The van der Waals surface area contributed by atoms with Crippen molar-refractivity contribution in [1.82, 2.24) is 0 Å². The molecule has 0 radical (unpaired) electrons. The number of ether oxygens (including phenoxy) is 2. The number of nitrogens with two attached hydrogens (primary N) is 1. The van der Waals surface area contributed by atoms with Gasteiger partial charge in [-0.05, 0) is 44.4 Å². The van der Waals surface area contributed by atoms with Crippen LogP contribution in [0, 0.1) is 5.92 Å². The number of allylic oxidation sites excluding steroid dienone is 7. The number of phosphoric ester groups is 2. The van der Waals surface area contributed by atoms with Gasteiger partial charge in [-0.25, -0.2) is 9.13 Å². The van der Waals surface area contributed by atoms with Gasteiger partial charge in [0.1, 0.15) is 18.8 Å². The minimum absolute atomic E-state index is 0.0236. The first-order chi connectivity index (χ1) is 28.8. The van der Waals surface area contributed by atoms with E-state index in [1.807, 2.05) is 18.2 Å². The van der Waals surface area contributed by atoms with Gasteiger partial charge in [-0.2, -0.15) is 0 Å². The van der Waals surface area contributed by atoms with E-state index < -0.39 is 89.6 Å². The monoisotopic (exact) mass is 929 g/mol. The van der Waals surface area contributed by atoms with Crippen molar-refractivity contribution in [2.24, 2.45) is 11.7 Å². The van der Waals surface area contributed by atoms with Crippen molar-refractivity contribution in [2.45, 2.75) is 153 Å². The average molecular weight is 930 g/mol. The Labute approximate surface area is 366 Å². The second-order valence-electron chi connectivity index (χ2n) is 15.0. The summed E-state index contributed by atoms with van der Waals surface area (Å²) in [5.74, 6) is -1.94. The van der Waals surface area contributed by atoms with E-state index in [2.05, 4.69) is 42.0 Å². The van der Waals surface area contributed by atoms with Crippen LogP contribution in [0.2, 0.25) is 0 Å². The zero-order valence-electron chi connectivity index (χ0n) is 36.1. The second-order valence-corrected chi connectivity index (χ2v) is 18.9. The molecule has 0 amide bonds. The Morgan fingerprint density at radius 2 is 1.39 bits per heavy atom. The number of carbonyl (C=O) groups is 3. The quantitative estimate of drug-likeness (QED) is 0.0107. The van der Waals surface area contributed by atoms with Gasteiger partial charge >= 0.3 is 33.6 Å². The van der Waals surface area contributed by atoms with Crippen molar-refractivity contribution in [3.63, 3.8) is 0 Å². The fourth-order valence-electron chi connectivity index (χ4n) is 5.27. The molecule has 0 aliphatic heterocycles. The van der Waals surface area contributed by atoms with E-state index in [9.17, 15) is 38.6 Å². The normalized spacial score (nSPS) is 16.0. The minimum atomic E-state index is -4.93. The number of rotatable bonds is 39. The third-order valence-corrected chi connectivity index (χ3v) is 11.5. The maximum atomic E-state index is 13.0. The molecule has 0 saturated carbocycles. The maximum Gasteiger partial charge on any atom is 0.472 e. The molecule has 0 fully saturated rings. The number of phosphoric acid groups is 2. The fraction of sp³-hybridized carbons (Fsp3) is 0.732. The molecule has 0 aromatic rings. The molecule has 354 valence electrons. The van der Waals surface area contributed by atoms with Crippen LogP contribution in [-0.2, 0) is 46.6 Å². The highest BCUT2D eigenvalue weighted by molar-refractivity contribution is 8.00. The van der Waals surface area contributed by atoms with Gasteiger partial charge in [-0.15, -0.1) is 11.8 Å². The highest BCUT2D eigenvalue weighted by atomic mass is 32.2. The number of aliphatic carboxylic acids is 1. The molecule has 6 atom stereocenters. The van der Waals surface area contributed by atoms with E-state index in [4.69, 9.17) is 34.6 Å². The van der Waals surface area contributed by atoms with Gasteiger partial charge in [0.15, 0.2) is 6.10 Å². The van der Waals surface area contributed by atoms with Crippen LogP contribution in [0.3, 0.4) is 0 Å². The van der Waals surface area contributed by atoms with Crippen LogP contribution in [0.5, 0.6) is 0 Å². The Hall–Kier alpha value is -2.18. The molecule has 0 rings (SSSR count). The summed E-state index contributed by atoms with van der Waals surface area (Å²) in [6.45, 7) is 3.30. The first kappa shape index (κ1) is 58.8. The van der Waals surface area contributed by atoms with E-state index in [-0.39, 0.29) is 31.4 Å². The molecular weight excluding hydrogens is 856 g/mol. The Morgan fingerprint density at radius 1 is 0.738 bits per heavy atom. The summed E-state index contributed by atoms with van der Waals surface area (Å²) >= 11 is 1.16. The lowest BCUT2D eigenvalue weighted by Gasteiger charge is -2.22. The second kappa shape index (κ2) is 36.2. The summed E-state index contributed by atoms with van der Waals surface area (Å²) < 4.78 is 47.8. The highest BCUT2D eigenvalue weighted by Crippen LogP contribution is 2.44. The number of hydrogen-bond acceptors (Lipinski definition) is 14. The van der Waals surface area contributed by atoms with E-state index in [0.717, 1.165) is 63.1 Å². The topological polar surface area (TPSA) is 279 Å². The lowest BCUT2D eigenvalue weighted by molar-refractivity contribution is -0.161. The Morgan fingerprint density at radius 3 is 2.07 bits per heavy atom. The zero-order chi connectivity index (χ0) is 45.9. The molecule has 0 aromatic heterocycles. The van der Waals surface area contributed by atoms with Crippen LogP contribution in [0.4, 0.5) is 0 Å². The number of thioether (sulfide) groups is 1. The van der Waals surface area contributed by atoms with Crippen LogP contribution >= 0.6 is 27.4 Å². The molecule has 0 aromatic carbocycles. The van der Waals surface area contributed by atoms with Crippen LogP contribution in [-0.4, -0.2) is 110 Å². The SMILES string of the molecule is CCCCC/C=C\C\C=C/C=C/C=C/[C@@H](SC[C@H](N)C(=O)OC[C@H](COP(=O)(O)OC[C@@H](O)COP(=O)(O)O)OC(=O)CCCCCCCCC(C)C)[C@@H](O)CCCC(=O)O. The van der Waals surface area contributed by atoms with Gasteiger partial charge in [-0.3, -0.25) is 28.0 Å². The molecule has 0 aliphatic rings. The number of carbonyl (C=O) groups excluding carboxylic acids is 2. The molecule has 0 spiro atoms. The summed E-state index contributed by atoms with van der Waals surface area (Å²) in [5, 5.41) is 29.1. The summed E-state index contributed by atoms with van der Waals surface area (Å²) in [6.07, 6.45) is 23.7. The van der Waals surface area contributed by atoms with Crippen LogP contribution in [0.1, 0.15) is 124 Å². The Bertz CT molecular complexity index is 1410. The largest absolute Gasteiger partial charge is 0.481 e. The minimum Gasteiger partial charge on any atom is -0.481 e. The molecule has 1 unspecified atom stereocenters. The average Bonchev–Trinajstić information content (AvgIpc) is 3.18.